The maximum atomic E-state index is 12.1. The number of carbonyl (C=O) groups is 1. The van der Waals surface area contributed by atoms with Crippen molar-refractivity contribution >= 4 is 11.6 Å². The van der Waals surface area contributed by atoms with Gasteiger partial charge in [-0.2, -0.15) is 0 Å². The maximum Gasteiger partial charge on any atom is 0.227 e. The highest BCUT2D eigenvalue weighted by Crippen LogP contribution is 2.26. The molecule has 0 fully saturated rings. The van der Waals surface area contributed by atoms with Crippen molar-refractivity contribution in [3.63, 3.8) is 0 Å². The Hall–Kier alpha value is -1.57. The molecule has 1 aromatic rings. The fourth-order valence-corrected chi connectivity index (χ4v) is 2.93. The van der Waals surface area contributed by atoms with Crippen molar-refractivity contribution in [2.75, 3.05) is 5.32 Å². The van der Waals surface area contributed by atoms with Crippen molar-refractivity contribution in [2.24, 2.45) is 5.92 Å². The van der Waals surface area contributed by atoms with Crippen LogP contribution >= 0.6 is 0 Å². The smallest absolute Gasteiger partial charge is 0.227 e. The fraction of sp³-hybridized carbons (Fsp3) is 0.438. The van der Waals surface area contributed by atoms with Crippen LogP contribution in [0.3, 0.4) is 0 Å². The van der Waals surface area contributed by atoms with Gasteiger partial charge in [0.1, 0.15) is 0 Å². The summed E-state index contributed by atoms with van der Waals surface area (Å²) in [6.07, 6.45) is 10.8. The molecule has 1 N–H and O–H groups in total. The van der Waals surface area contributed by atoms with Gasteiger partial charge in [-0.15, -0.1) is 0 Å². The first-order valence-electron chi connectivity index (χ1n) is 6.90. The van der Waals surface area contributed by atoms with Crippen LogP contribution in [0, 0.1) is 5.92 Å². The summed E-state index contributed by atoms with van der Waals surface area (Å²) in [4.78, 5) is 12.1. The molecule has 0 unspecified atom stereocenters. The first-order chi connectivity index (χ1) is 8.83. The lowest BCUT2D eigenvalue weighted by Crippen LogP contribution is -2.23. The fourth-order valence-electron chi connectivity index (χ4n) is 2.93. The molecular weight excluding hydrogens is 222 g/mol. The lowest BCUT2D eigenvalue weighted by atomic mass is 9.93. The zero-order chi connectivity index (χ0) is 12.4. The molecule has 2 aliphatic rings. The predicted octanol–water partition coefficient (Wildman–Crippen LogP) is 3.47. The molecule has 0 radical (unpaired) electrons. The molecule has 0 spiro atoms. The normalized spacial score (nSPS) is 21.7. The van der Waals surface area contributed by atoms with E-state index < -0.39 is 0 Å². The van der Waals surface area contributed by atoms with Gasteiger partial charge in [0.05, 0.1) is 0 Å². The van der Waals surface area contributed by atoms with Crippen molar-refractivity contribution in [3.05, 3.63) is 41.5 Å². The second-order valence-electron chi connectivity index (χ2n) is 5.31. The Labute approximate surface area is 108 Å². The molecule has 0 bridgehead atoms. The molecule has 2 aliphatic carbocycles. The van der Waals surface area contributed by atoms with E-state index in [2.05, 4.69) is 29.6 Å². The largest absolute Gasteiger partial charge is 0.326 e. The van der Waals surface area contributed by atoms with Gasteiger partial charge in [0.15, 0.2) is 0 Å². The van der Waals surface area contributed by atoms with E-state index in [-0.39, 0.29) is 11.8 Å². The molecule has 0 aliphatic heterocycles. The number of hydrogen-bond donors (Lipinski definition) is 1. The van der Waals surface area contributed by atoms with Crippen LogP contribution in [0.25, 0.3) is 0 Å². The highest BCUT2D eigenvalue weighted by atomic mass is 16.1. The first-order valence-corrected chi connectivity index (χ1v) is 6.90. The average Bonchev–Trinajstić information content (AvgIpc) is 2.87. The minimum atomic E-state index is 0.156. The van der Waals surface area contributed by atoms with Crippen LogP contribution in [0.15, 0.2) is 30.4 Å². The number of benzene rings is 1. The van der Waals surface area contributed by atoms with E-state index in [1.165, 1.54) is 24.0 Å². The molecule has 18 heavy (non-hydrogen) atoms. The van der Waals surface area contributed by atoms with E-state index >= 15 is 0 Å². The minimum absolute atomic E-state index is 0.156. The number of anilines is 1. The molecule has 3 rings (SSSR count). The summed E-state index contributed by atoms with van der Waals surface area (Å²) in [7, 11) is 0. The molecule has 2 nitrogen and oxygen atoms in total. The Morgan fingerprint density at radius 2 is 2.06 bits per heavy atom. The summed E-state index contributed by atoms with van der Waals surface area (Å²) in [5, 5.41) is 3.07. The van der Waals surface area contributed by atoms with Gasteiger partial charge in [-0.25, -0.2) is 0 Å². The Kier molecular flexibility index (Phi) is 3.18. The lowest BCUT2D eigenvalue weighted by Gasteiger charge is -2.17. The van der Waals surface area contributed by atoms with Crippen LogP contribution in [0.5, 0.6) is 0 Å². The quantitative estimate of drug-likeness (QED) is 0.789. The monoisotopic (exact) mass is 241 g/mol. The number of aryl methyl sites for hydroxylation is 2. The summed E-state index contributed by atoms with van der Waals surface area (Å²) >= 11 is 0. The maximum absolute atomic E-state index is 12.1. The SMILES string of the molecule is O=C(Nc1ccc2c(c1)CCC2)[C@@H]1CC=CCC1. The standard InChI is InChI=1S/C16H19NO/c18-16(13-5-2-1-3-6-13)17-15-10-9-12-7-4-8-14(12)11-15/h1-2,9-11,13H,3-8H2,(H,17,18)/t13-/m1/s1. The van der Waals surface area contributed by atoms with Crippen LogP contribution in [0.1, 0.15) is 36.8 Å². The average molecular weight is 241 g/mol. The Balaban J connectivity index is 1.68. The van der Waals surface area contributed by atoms with E-state index in [0.717, 1.165) is 31.4 Å². The molecule has 1 aromatic carbocycles. The molecule has 1 atom stereocenters. The molecule has 94 valence electrons. The zero-order valence-electron chi connectivity index (χ0n) is 10.6. The van der Waals surface area contributed by atoms with Crippen molar-refractivity contribution in [2.45, 2.75) is 38.5 Å². The minimum Gasteiger partial charge on any atom is -0.326 e. The second-order valence-corrected chi connectivity index (χ2v) is 5.31. The van der Waals surface area contributed by atoms with E-state index in [9.17, 15) is 4.79 Å². The van der Waals surface area contributed by atoms with Gasteiger partial charge in [-0.05, 0) is 61.8 Å². The highest BCUT2D eigenvalue weighted by Gasteiger charge is 2.19. The number of hydrogen-bond acceptors (Lipinski definition) is 1. The molecule has 0 saturated carbocycles. The van der Waals surface area contributed by atoms with Crippen LogP contribution in [-0.4, -0.2) is 5.91 Å². The van der Waals surface area contributed by atoms with Crippen molar-refractivity contribution < 1.29 is 4.79 Å². The van der Waals surface area contributed by atoms with Crippen molar-refractivity contribution in [1.82, 2.24) is 0 Å². The van der Waals surface area contributed by atoms with Crippen molar-refractivity contribution in [3.8, 4) is 0 Å². The van der Waals surface area contributed by atoms with E-state index in [1.807, 2.05) is 6.07 Å². The zero-order valence-corrected chi connectivity index (χ0v) is 10.6. The van der Waals surface area contributed by atoms with E-state index in [4.69, 9.17) is 0 Å². The third-order valence-corrected chi connectivity index (χ3v) is 4.01. The summed E-state index contributed by atoms with van der Waals surface area (Å²) in [6.45, 7) is 0. The highest BCUT2D eigenvalue weighted by molar-refractivity contribution is 5.92. The molecule has 1 amide bonds. The number of nitrogens with one attached hydrogen (secondary N) is 1. The first kappa shape index (κ1) is 11.5. The molecular formula is C16H19NO. The van der Waals surface area contributed by atoms with Gasteiger partial charge < -0.3 is 5.32 Å². The molecule has 0 aromatic heterocycles. The lowest BCUT2D eigenvalue weighted by molar-refractivity contribution is -0.120. The van der Waals surface area contributed by atoms with Crippen LogP contribution in [0.4, 0.5) is 5.69 Å². The Morgan fingerprint density at radius 3 is 2.89 bits per heavy atom. The Morgan fingerprint density at radius 1 is 1.17 bits per heavy atom. The predicted molar refractivity (Wildman–Crippen MR) is 73.6 cm³/mol. The van der Waals surface area contributed by atoms with Gasteiger partial charge in [-0.1, -0.05) is 18.2 Å². The molecule has 0 saturated heterocycles. The summed E-state index contributed by atoms with van der Waals surface area (Å²) < 4.78 is 0. The third kappa shape index (κ3) is 2.33. The number of fused-ring (bicyclic) bond motifs is 1. The van der Waals surface area contributed by atoms with Crippen LogP contribution in [0.2, 0.25) is 0 Å². The molecule has 2 heteroatoms. The third-order valence-electron chi connectivity index (χ3n) is 4.01. The number of rotatable bonds is 2. The van der Waals surface area contributed by atoms with Gasteiger partial charge in [0, 0.05) is 11.6 Å². The van der Waals surface area contributed by atoms with Gasteiger partial charge in [0.2, 0.25) is 5.91 Å². The summed E-state index contributed by atoms with van der Waals surface area (Å²) in [5.41, 5.74) is 3.83. The van der Waals surface area contributed by atoms with Gasteiger partial charge in [-0.3, -0.25) is 4.79 Å². The van der Waals surface area contributed by atoms with Gasteiger partial charge >= 0.3 is 0 Å². The molecule has 0 heterocycles. The Bertz CT molecular complexity index is 490. The summed E-state index contributed by atoms with van der Waals surface area (Å²) in [5.74, 6) is 0.334. The number of amides is 1. The van der Waals surface area contributed by atoms with Crippen molar-refractivity contribution in [1.29, 1.82) is 0 Å². The van der Waals surface area contributed by atoms with E-state index in [0.29, 0.717) is 0 Å². The van der Waals surface area contributed by atoms with Crippen LogP contribution in [-0.2, 0) is 17.6 Å². The number of allylic oxidation sites excluding steroid dienone is 2. The van der Waals surface area contributed by atoms with Crippen LogP contribution < -0.4 is 5.32 Å². The van der Waals surface area contributed by atoms with E-state index in [1.54, 1.807) is 0 Å². The summed E-state index contributed by atoms with van der Waals surface area (Å²) in [6, 6.07) is 6.36. The number of carbonyl (C=O) groups excluding carboxylic acids is 1. The second kappa shape index (κ2) is 4.97. The van der Waals surface area contributed by atoms with Gasteiger partial charge in [0.25, 0.3) is 0 Å². The topological polar surface area (TPSA) is 29.1 Å².